The fourth-order valence-electron chi connectivity index (χ4n) is 4.34. The van der Waals surface area contributed by atoms with Crippen LogP contribution in [0.25, 0.3) is 0 Å². The van der Waals surface area contributed by atoms with Crippen molar-refractivity contribution in [3.05, 3.63) is 28.7 Å². The second-order valence-corrected chi connectivity index (χ2v) is 11.1. The highest BCUT2D eigenvalue weighted by atomic mass is 79.9. The lowest BCUT2D eigenvalue weighted by atomic mass is 9.94. The average Bonchev–Trinajstić information content (AvgIpc) is 3.17. The summed E-state index contributed by atoms with van der Waals surface area (Å²) < 4.78 is 28.2. The van der Waals surface area contributed by atoms with E-state index in [1.807, 2.05) is 0 Å². The lowest BCUT2D eigenvalue weighted by Gasteiger charge is -2.37. The number of piperidine rings is 1. The highest BCUT2D eigenvalue weighted by Gasteiger charge is 2.38. The summed E-state index contributed by atoms with van der Waals surface area (Å²) in [5.41, 5.74) is 0.0352. The van der Waals surface area contributed by atoms with Crippen LogP contribution in [-0.4, -0.2) is 62.8 Å². The zero-order valence-electron chi connectivity index (χ0n) is 16.7. The number of nitrogens with zero attached hydrogens (tertiary/aromatic N) is 2. The van der Waals surface area contributed by atoms with E-state index in [2.05, 4.69) is 40.2 Å². The molecule has 1 atom stereocenters. The Bertz CT molecular complexity index is 789. The molecule has 0 spiro atoms. The quantitative estimate of drug-likeness (QED) is 0.692. The largest absolute Gasteiger partial charge is 0.354 e. The molecule has 1 aliphatic carbocycles. The maximum atomic E-state index is 12.9. The Labute approximate surface area is 176 Å². The van der Waals surface area contributed by atoms with Gasteiger partial charge in [0.1, 0.15) is 0 Å². The first-order valence-electron chi connectivity index (χ1n) is 9.95. The third kappa shape index (κ3) is 4.61. The lowest BCUT2D eigenvalue weighted by Crippen LogP contribution is -2.53. The number of likely N-dealkylation sites (N-methyl/N-ethyl adjacent to an activating group) is 1. The van der Waals surface area contributed by atoms with Gasteiger partial charge in [0.25, 0.3) is 0 Å². The number of benzene rings is 1. The maximum Gasteiger partial charge on any atom is 0.243 e. The first-order valence-corrected chi connectivity index (χ1v) is 12.2. The van der Waals surface area contributed by atoms with Gasteiger partial charge in [0.05, 0.1) is 10.8 Å². The van der Waals surface area contributed by atoms with Gasteiger partial charge in [0.15, 0.2) is 0 Å². The minimum absolute atomic E-state index is 0.0242. The number of hydrogen-bond acceptors (Lipinski definition) is 4. The normalized spacial score (nSPS) is 23.1. The molecule has 1 saturated heterocycles. The van der Waals surface area contributed by atoms with Crippen LogP contribution in [0.3, 0.4) is 0 Å². The lowest BCUT2D eigenvalue weighted by molar-refractivity contribution is -0.126. The van der Waals surface area contributed by atoms with E-state index in [1.165, 1.54) is 17.1 Å². The van der Waals surface area contributed by atoms with Crippen molar-refractivity contribution >= 4 is 31.9 Å². The van der Waals surface area contributed by atoms with Crippen molar-refractivity contribution in [2.24, 2.45) is 5.92 Å². The van der Waals surface area contributed by atoms with Crippen LogP contribution in [0.2, 0.25) is 0 Å². The zero-order chi connectivity index (χ0) is 20.4. The van der Waals surface area contributed by atoms with E-state index in [1.54, 1.807) is 24.3 Å². The van der Waals surface area contributed by atoms with Crippen LogP contribution < -0.4 is 5.32 Å². The molecule has 0 radical (unpaired) electrons. The first kappa shape index (κ1) is 21.7. The average molecular weight is 472 g/mol. The Morgan fingerprint density at radius 3 is 2.46 bits per heavy atom. The first-order chi connectivity index (χ1) is 13.2. The predicted octanol–water partition coefficient (Wildman–Crippen LogP) is 2.84. The SMILES string of the molecule is CN(C)C1(CNC(=O)C2CCCN(S(=O)(=O)c3ccc(Br)cc3)C2)CCCC1. The molecule has 1 heterocycles. The molecule has 1 N–H and O–H groups in total. The van der Waals surface area contributed by atoms with Crippen molar-refractivity contribution in [2.45, 2.75) is 49.0 Å². The van der Waals surface area contributed by atoms with Gasteiger partial charge in [-0.15, -0.1) is 0 Å². The van der Waals surface area contributed by atoms with Gasteiger partial charge in [-0.1, -0.05) is 28.8 Å². The zero-order valence-corrected chi connectivity index (χ0v) is 19.1. The van der Waals surface area contributed by atoms with Crippen LogP contribution in [0.5, 0.6) is 0 Å². The van der Waals surface area contributed by atoms with Gasteiger partial charge in [-0.05, 0) is 64.0 Å². The molecule has 0 aromatic heterocycles. The Morgan fingerprint density at radius 2 is 1.86 bits per heavy atom. The van der Waals surface area contributed by atoms with Crippen molar-refractivity contribution in [2.75, 3.05) is 33.7 Å². The van der Waals surface area contributed by atoms with Crippen LogP contribution in [0.1, 0.15) is 38.5 Å². The van der Waals surface area contributed by atoms with Crippen molar-refractivity contribution in [1.82, 2.24) is 14.5 Å². The minimum atomic E-state index is -3.58. The molecular formula is C20H30BrN3O3S. The van der Waals surface area contributed by atoms with Gasteiger partial charge >= 0.3 is 0 Å². The number of carbonyl (C=O) groups excluding carboxylic acids is 1. The van der Waals surface area contributed by atoms with Crippen molar-refractivity contribution in [3.63, 3.8) is 0 Å². The van der Waals surface area contributed by atoms with Crippen LogP contribution in [0.4, 0.5) is 0 Å². The summed E-state index contributed by atoms with van der Waals surface area (Å²) in [5.74, 6) is -0.316. The van der Waals surface area contributed by atoms with Crippen LogP contribution >= 0.6 is 15.9 Å². The van der Waals surface area contributed by atoms with Gasteiger partial charge < -0.3 is 10.2 Å². The molecule has 156 valence electrons. The molecule has 2 fully saturated rings. The molecule has 0 bridgehead atoms. The summed E-state index contributed by atoms with van der Waals surface area (Å²) in [7, 11) is 0.571. The van der Waals surface area contributed by atoms with Gasteiger partial charge in [-0.3, -0.25) is 4.79 Å². The van der Waals surface area contributed by atoms with Gasteiger partial charge in [-0.2, -0.15) is 4.31 Å². The highest BCUT2D eigenvalue weighted by molar-refractivity contribution is 9.10. The van der Waals surface area contributed by atoms with Gasteiger partial charge in [0.2, 0.25) is 15.9 Å². The second-order valence-electron chi connectivity index (χ2n) is 8.20. The number of nitrogens with one attached hydrogen (secondary N) is 1. The molecular weight excluding hydrogens is 442 g/mol. The monoisotopic (exact) mass is 471 g/mol. The maximum absolute atomic E-state index is 12.9. The second kappa shape index (κ2) is 8.81. The van der Waals surface area contributed by atoms with Crippen molar-refractivity contribution < 1.29 is 13.2 Å². The summed E-state index contributed by atoms with van der Waals surface area (Å²) >= 11 is 3.33. The summed E-state index contributed by atoms with van der Waals surface area (Å²) in [4.78, 5) is 15.3. The van der Waals surface area contributed by atoms with Crippen LogP contribution in [0, 0.1) is 5.92 Å². The fraction of sp³-hybridized carbons (Fsp3) is 0.650. The van der Waals surface area contributed by atoms with Crippen LogP contribution in [0.15, 0.2) is 33.6 Å². The molecule has 1 aromatic rings. The topological polar surface area (TPSA) is 69.7 Å². The number of hydrogen-bond donors (Lipinski definition) is 1. The smallest absolute Gasteiger partial charge is 0.243 e. The molecule has 1 amide bonds. The molecule has 1 unspecified atom stereocenters. The number of amides is 1. The summed E-state index contributed by atoms with van der Waals surface area (Å²) in [6.07, 6.45) is 6.00. The molecule has 1 aromatic carbocycles. The van der Waals surface area contributed by atoms with E-state index in [0.29, 0.717) is 19.5 Å². The Balaban J connectivity index is 1.64. The highest BCUT2D eigenvalue weighted by Crippen LogP contribution is 2.33. The van der Waals surface area contributed by atoms with E-state index < -0.39 is 10.0 Å². The van der Waals surface area contributed by atoms with Gasteiger partial charge in [-0.25, -0.2) is 8.42 Å². The Hall–Kier alpha value is -0.960. The van der Waals surface area contributed by atoms with Crippen LogP contribution in [-0.2, 0) is 14.8 Å². The summed E-state index contributed by atoms with van der Waals surface area (Å²) in [6, 6.07) is 6.65. The third-order valence-electron chi connectivity index (χ3n) is 6.28. The third-order valence-corrected chi connectivity index (χ3v) is 8.69. The molecule has 1 saturated carbocycles. The van der Waals surface area contributed by atoms with Crippen molar-refractivity contribution in [1.29, 1.82) is 0 Å². The standard InChI is InChI=1S/C20H30BrN3O3S/c1-23(2)20(11-3-4-12-20)15-22-19(25)16-6-5-13-24(14-16)28(26,27)18-9-7-17(21)8-10-18/h7-10,16H,3-6,11-15H2,1-2H3,(H,22,25). The number of carbonyl (C=O) groups is 1. The predicted molar refractivity (Wildman–Crippen MR) is 114 cm³/mol. The molecule has 2 aliphatic rings. The summed E-state index contributed by atoms with van der Waals surface area (Å²) in [6.45, 7) is 1.35. The Kier molecular flexibility index (Phi) is 6.84. The van der Waals surface area contributed by atoms with Gasteiger partial charge in [0, 0.05) is 29.6 Å². The molecule has 1 aliphatic heterocycles. The van der Waals surface area contributed by atoms with E-state index in [9.17, 15) is 13.2 Å². The molecule has 3 rings (SSSR count). The number of halogens is 1. The van der Waals surface area contributed by atoms with Crippen molar-refractivity contribution in [3.8, 4) is 0 Å². The molecule has 6 nitrogen and oxygen atoms in total. The molecule has 8 heteroatoms. The number of rotatable bonds is 6. The van der Waals surface area contributed by atoms with E-state index >= 15 is 0 Å². The Morgan fingerprint density at radius 1 is 1.21 bits per heavy atom. The van der Waals surface area contributed by atoms with E-state index in [4.69, 9.17) is 0 Å². The minimum Gasteiger partial charge on any atom is -0.354 e. The van der Waals surface area contributed by atoms with E-state index in [-0.39, 0.29) is 28.8 Å². The molecule has 28 heavy (non-hydrogen) atoms. The summed E-state index contributed by atoms with van der Waals surface area (Å²) in [5, 5.41) is 3.13. The van der Waals surface area contributed by atoms with E-state index in [0.717, 1.165) is 23.7 Å². The fourth-order valence-corrected chi connectivity index (χ4v) is 6.13. The number of sulfonamides is 1.